The minimum atomic E-state index is -3.60. The molecule has 0 radical (unpaired) electrons. The molecule has 3 aromatic rings. The zero-order chi connectivity index (χ0) is 18.9. The summed E-state index contributed by atoms with van der Waals surface area (Å²) in [5, 5.41) is 2.48. The van der Waals surface area contributed by atoms with Crippen LogP contribution in [0.25, 0.3) is 5.69 Å². The Morgan fingerprint density at radius 2 is 1.81 bits per heavy atom. The summed E-state index contributed by atoms with van der Waals surface area (Å²) < 4.78 is 39.3. The van der Waals surface area contributed by atoms with Gasteiger partial charge in [0.2, 0.25) is 0 Å². The van der Waals surface area contributed by atoms with E-state index in [1.807, 2.05) is 12.1 Å². The van der Waals surface area contributed by atoms with E-state index in [4.69, 9.17) is 11.6 Å². The SMILES string of the molecule is CS(=O)(=O)c1cc(C(=O)Nc2cc(-n3cccc3)ccc2F)ccc1Cl. The molecule has 0 aliphatic heterocycles. The van der Waals surface area contributed by atoms with Crippen molar-refractivity contribution >= 4 is 33.0 Å². The highest BCUT2D eigenvalue weighted by Crippen LogP contribution is 2.24. The van der Waals surface area contributed by atoms with Crippen molar-refractivity contribution in [1.29, 1.82) is 0 Å². The highest BCUT2D eigenvalue weighted by molar-refractivity contribution is 7.90. The number of nitrogens with one attached hydrogen (secondary N) is 1. The number of hydrogen-bond acceptors (Lipinski definition) is 3. The van der Waals surface area contributed by atoms with Crippen molar-refractivity contribution in [3.05, 3.63) is 77.3 Å². The van der Waals surface area contributed by atoms with Crippen LogP contribution in [-0.2, 0) is 9.84 Å². The number of hydrogen-bond donors (Lipinski definition) is 1. The van der Waals surface area contributed by atoms with Gasteiger partial charge in [0.15, 0.2) is 9.84 Å². The second kappa shape index (κ2) is 6.93. The maximum absolute atomic E-state index is 14.1. The molecule has 1 heterocycles. The molecule has 1 amide bonds. The highest BCUT2D eigenvalue weighted by atomic mass is 35.5. The molecule has 0 unspecified atom stereocenters. The predicted molar refractivity (Wildman–Crippen MR) is 98.2 cm³/mol. The van der Waals surface area contributed by atoms with Gasteiger partial charge in [-0.3, -0.25) is 4.79 Å². The molecule has 0 fully saturated rings. The van der Waals surface area contributed by atoms with Gasteiger partial charge in [-0.05, 0) is 48.5 Å². The fraction of sp³-hybridized carbons (Fsp3) is 0.0556. The highest BCUT2D eigenvalue weighted by Gasteiger charge is 2.17. The first-order valence-corrected chi connectivity index (χ1v) is 9.76. The summed E-state index contributed by atoms with van der Waals surface area (Å²) in [6.07, 6.45) is 4.57. The lowest BCUT2D eigenvalue weighted by Gasteiger charge is -2.11. The van der Waals surface area contributed by atoms with E-state index in [-0.39, 0.29) is 21.2 Å². The first-order chi connectivity index (χ1) is 12.3. The van der Waals surface area contributed by atoms with E-state index in [0.717, 1.165) is 6.26 Å². The van der Waals surface area contributed by atoms with Crippen LogP contribution in [0.1, 0.15) is 10.4 Å². The van der Waals surface area contributed by atoms with Crippen LogP contribution in [-0.4, -0.2) is 25.1 Å². The largest absolute Gasteiger partial charge is 0.324 e. The van der Waals surface area contributed by atoms with Crippen LogP contribution in [0.5, 0.6) is 0 Å². The van der Waals surface area contributed by atoms with Gasteiger partial charge in [-0.2, -0.15) is 0 Å². The first kappa shape index (κ1) is 18.2. The number of nitrogens with zero attached hydrogens (tertiary/aromatic N) is 1. The molecule has 0 saturated heterocycles. The molecule has 0 saturated carbocycles. The normalized spacial score (nSPS) is 11.3. The van der Waals surface area contributed by atoms with E-state index in [2.05, 4.69) is 5.32 Å². The van der Waals surface area contributed by atoms with Crippen LogP contribution in [0.15, 0.2) is 65.8 Å². The van der Waals surface area contributed by atoms with E-state index in [1.54, 1.807) is 23.0 Å². The van der Waals surface area contributed by atoms with Crippen molar-refractivity contribution in [2.24, 2.45) is 0 Å². The van der Waals surface area contributed by atoms with Crippen LogP contribution in [0, 0.1) is 5.82 Å². The quantitative estimate of drug-likeness (QED) is 0.731. The van der Waals surface area contributed by atoms with Gasteiger partial charge in [-0.1, -0.05) is 11.6 Å². The molecule has 8 heteroatoms. The lowest BCUT2D eigenvalue weighted by molar-refractivity contribution is 0.102. The van der Waals surface area contributed by atoms with Crippen LogP contribution < -0.4 is 5.32 Å². The Labute approximate surface area is 155 Å². The smallest absolute Gasteiger partial charge is 0.255 e. The van der Waals surface area contributed by atoms with Gasteiger partial charge in [-0.15, -0.1) is 0 Å². The number of sulfone groups is 1. The number of amides is 1. The zero-order valence-electron chi connectivity index (χ0n) is 13.6. The summed E-state index contributed by atoms with van der Waals surface area (Å²) in [5.41, 5.74) is 0.706. The summed E-state index contributed by atoms with van der Waals surface area (Å²) >= 11 is 5.88. The minimum Gasteiger partial charge on any atom is -0.324 e. The van der Waals surface area contributed by atoms with Gasteiger partial charge >= 0.3 is 0 Å². The fourth-order valence-electron chi connectivity index (χ4n) is 2.40. The third kappa shape index (κ3) is 3.79. The molecule has 1 N–H and O–H groups in total. The Hall–Kier alpha value is -2.64. The minimum absolute atomic E-state index is 0.0166. The molecule has 0 spiro atoms. The Morgan fingerprint density at radius 1 is 1.12 bits per heavy atom. The number of carbonyl (C=O) groups is 1. The fourth-order valence-corrected chi connectivity index (χ4v) is 3.70. The van der Waals surface area contributed by atoms with Crippen LogP contribution in [0.2, 0.25) is 5.02 Å². The van der Waals surface area contributed by atoms with Crippen molar-refractivity contribution in [2.45, 2.75) is 4.90 Å². The van der Waals surface area contributed by atoms with Crippen LogP contribution in [0.4, 0.5) is 10.1 Å². The van der Waals surface area contributed by atoms with Gasteiger partial charge < -0.3 is 9.88 Å². The Bertz CT molecular complexity index is 1080. The second-order valence-electron chi connectivity index (χ2n) is 5.63. The summed E-state index contributed by atoms with van der Waals surface area (Å²) in [6.45, 7) is 0. The molecule has 5 nitrogen and oxygen atoms in total. The maximum atomic E-state index is 14.1. The Balaban J connectivity index is 1.93. The second-order valence-corrected chi connectivity index (χ2v) is 8.02. The van der Waals surface area contributed by atoms with Crippen LogP contribution >= 0.6 is 11.6 Å². The number of carbonyl (C=O) groups excluding carboxylic acids is 1. The third-order valence-corrected chi connectivity index (χ3v) is 5.27. The summed E-state index contributed by atoms with van der Waals surface area (Å²) in [7, 11) is -3.60. The van der Waals surface area contributed by atoms with Crippen molar-refractivity contribution in [2.75, 3.05) is 11.6 Å². The van der Waals surface area contributed by atoms with E-state index in [9.17, 15) is 17.6 Å². The van der Waals surface area contributed by atoms with E-state index in [1.165, 1.54) is 30.3 Å². The number of rotatable bonds is 4. The van der Waals surface area contributed by atoms with E-state index < -0.39 is 21.6 Å². The van der Waals surface area contributed by atoms with E-state index in [0.29, 0.717) is 5.69 Å². The van der Waals surface area contributed by atoms with Gasteiger partial charge in [0.1, 0.15) is 5.82 Å². The van der Waals surface area contributed by atoms with E-state index >= 15 is 0 Å². The average Bonchev–Trinajstić information content (AvgIpc) is 3.10. The summed E-state index contributed by atoms with van der Waals surface area (Å²) in [4.78, 5) is 12.3. The summed E-state index contributed by atoms with van der Waals surface area (Å²) in [5.74, 6) is -1.25. The molecule has 1 aromatic heterocycles. The molecular weight excluding hydrogens is 379 g/mol. The third-order valence-electron chi connectivity index (χ3n) is 3.69. The first-order valence-electron chi connectivity index (χ1n) is 7.49. The van der Waals surface area contributed by atoms with Gasteiger partial charge in [-0.25, -0.2) is 12.8 Å². The molecule has 2 aromatic carbocycles. The number of anilines is 1. The average molecular weight is 393 g/mol. The van der Waals surface area contributed by atoms with Crippen LogP contribution in [0.3, 0.4) is 0 Å². The van der Waals surface area contributed by atoms with Crippen molar-refractivity contribution in [1.82, 2.24) is 4.57 Å². The Morgan fingerprint density at radius 3 is 2.46 bits per heavy atom. The standard InChI is InChI=1S/C18H14ClFN2O3S/c1-26(24,25)17-10-12(4-6-14(17)19)18(23)21-16-11-13(5-7-15(16)20)22-8-2-3-9-22/h2-11H,1H3,(H,21,23). The van der Waals surface area contributed by atoms with Crippen molar-refractivity contribution in [3.63, 3.8) is 0 Å². The van der Waals surface area contributed by atoms with Crippen molar-refractivity contribution < 1.29 is 17.6 Å². The zero-order valence-corrected chi connectivity index (χ0v) is 15.2. The Kier molecular flexibility index (Phi) is 4.84. The lowest BCUT2D eigenvalue weighted by Crippen LogP contribution is -2.14. The number of benzene rings is 2. The lowest BCUT2D eigenvalue weighted by atomic mass is 10.2. The topological polar surface area (TPSA) is 68.2 Å². The summed E-state index contributed by atoms with van der Waals surface area (Å²) in [6, 6.07) is 11.8. The van der Waals surface area contributed by atoms with Gasteiger partial charge in [0, 0.05) is 29.9 Å². The van der Waals surface area contributed by atoms with Gasteiger partial charge in [0.05, 0.1) is 15.6 Å². The monoisotopic (exact) mass is 392 g/mol. The molecule has 0 aliphatic rings. The molecule has 0 bridgehead atoms. The number of halogens is 2. The number of aromatic nitrogens is 1. The molecular formula is C18H14ClFN2O3S. The van der Waals surface area contributed by atoms with Crippen molar-refractivity contribution in [3.8, 4) is 5.69 Å². The molecule has 3 rings (SSSR count). The maximum Gasteiger partial charge on any atom is 0.255 e. The predicted octanol–water partition coefficient (Wildman–Crippen LogP) is 3.93. The molecule has 26 heavy (non-hydrogen) atoms. The molecule has 134 valence electrons. The molecule has 0 atom stereocenters. The molecule has 0 aliphatic carbocycles. The van der Waals surface area contributed by atoms with Gasteiger partial charge in [0.25, 0.3) is 5.91 Å².